The Bertz CT molecular complexity index is 1030. The molecule has 0 saturated heterocycles. The van der Waals surface area contributed by atoms with Crippen molar-refractivity contribution in [2.75, 3.05) is 19.7 Å². The fraction of sp³-hybridized carbons (Fsp3) is 0.167. The van der Waals surface area contributed by atoms with Gasteiger partial charge in [-0.15, -0.1) is 0 Å². The molecule has 4 aromatic rings. The van der Waals surface area contributed by atoms with E-state index < -0.39 is 6.10 Å². The summed E-state index contributed by atoms with van der Waals surface area (Å²) in [5, 5.41) is 13.3. The van der Waals surface area contributed by atoms with Crippen LogP contribution in [0.1, 0.15) is 11.7 Å². The van der Waals surface area contributed by atoms with Gasteiger partial charge in [-0.2, -0.15) is 0 Å². The first-order chi connectivity index (χ1) is 14.8. The number of pyridine rings is 1. The highest BCUT2D eigenvalue weighted by atomic mass is 16.5. The van der Waals surface area contributed by atoms with E-state index in [4.69, 9.17) is 4.74 Å². The van der Waals surface area contributed by atoms with Gasteiger partial charge in [-0.3, -0.25) is 4.98 Å². The third-order valence-electron chi connectivity index (χ3n) is 4.73. The molecule has 152 valence electrons. The number of imidazole rings is 1. The van der Waals surface area contributed by atoms with Gasteiger partial charge in [0.05, 0.1) is 11.8 Å². The van der Waals surface area contributed by atoms with Crippen LogP contribution in [-0.4, -0.2) is 39.8 Å². The molecule has 0 amide bonds. The molecule has 0 saturated carbocycles. The van der Waals surface area contributed by atoms with Crippen LogP contribution in [0.2, 0.25) is 0 Å². The summed E-state index contributed by atoms with van der Waals surface area (Å²) in [7, 11) is 0. The van der Waals surface area contributed by atoms with Crippen LogP contribution in [0.4, 0.5) is 0 Å². The van der Waals surface area contributed by atoms with Crippen LogP contribution in [0.25, 0.3) is 22.6 Å². The van der Waals surface area contributed by atoms with E-state index in [-0.39, 0.29) is 0 Å². The maximum atomic E-state index is 10.1. The Morgan fingerprint density at radius 1 is 0.967 bits per heavy atom. The molecular weight excluding hydrogens is 376 g/mol. The standard InChI is InChI=1S/C24H24N4O2/c29-23(20-7-4-12-25-15-20)17-26-13-14-30-21-10-8-18(9-11-21)22-16-27-24(28-22)19-5-2-1-3-6-19/h1-12,15-16,23,26,29H,13-14,17H2,(H,27,28)/t23-/m0/s1. The maximum Gasteiger partial charge on any atom is 0.138 e. The van der Waals surface area contributed by atoms with Crippen molar-refractivity contribution in [3.05, 3.63) is 90.9 Å². The van der Waals surface area contributed by atoms with E-state index >= 15 is 0 Å². The summed E-state index contributed by atoms with van der Waals surface area (Å²) in [5.74, 6) is 1.65. The minimum atomic E-state index is -0.576. The normalized spacial score (nSPS) is 11.9. The second kappa shape index (κ2) is 9.82. The number of ether oxygens (including phenoxy) is 1. The second-order valence-electron chi connectivity index (χ2n) is 6.88. The molecule has 6 nitrogen and oxygen atoms in total. The molecule has 1 atom stereocenters. The Kier molecular flexibility index (Phi) is 6.49. The SMILES string of the molecule is O[C@@H](CNCCOc1ccc(-c2c[nH]c(-c3ccccc3)n2)cc1)c1cccnc1. The van der Waals surface area contributed by atoms with Crippen molar-refractivity contribution in [3.8, 4) is 28.4 Å². The number of hydrogen-bond donors (Lipinski definition) is 3. The molecule has 0 bridgehead atoms. The molecule has 0 unspecified atom stereocenters. The average Bonchev–Trinajstić information content (AvgIpc) is 3.31. The van der Waals surface area contributed by atoms with Gasteiger partial charge in [0.25, 0.3) is 0 Å². The highest BCUT2D eigenvalue weighted by Gasteiger charge is 2.07. The highest BCUT2D eigenvalue weighted by Crippen LogP contribution is 2.24. The minimum absolute atomic E-state index is 0.455. The van der Waals surface area contributed by atoms with Crippen LogP contribution >= 0.6 is 0 Å². The molecule has 0 fully saturated rings. The number of hydrogen-bond acceptors (Lipinski definition) is 5. The van der Waals surface area contributed by atoms with Gasteiger partial charge in [0.1, 0.15) is 18.2 Å². The molecule has 0 aliphatic carbocycles. The first-order valence-electron chi connectivity index (χ1n) is 9.92. The number of aromatic nitrogens is 3. The van der Waals surface area contributed by atoms with E-state index in [0.29, 0.717) is 19.7 Å². The van der Waals surface area contributed by atoms with Gasteiger partial charge in [-0.1, -0.05) is 36.4 Å². The monoisotopic (exact) mass is 400 g/mol. The number of aromatic amines is 1. The summed E-state index contributed by atoms with van der Waals surface area (Å²) in [6, 6.07) is 21.6. The number of aliphatic hydroxyl groups is 1. The van der Waals surface area contributed by atoms with Crippen LogP contribution < -0.4 is 10.1 Å². The van der Waals surface area contributed by atoms with Crippen molar-refractivity contribution >= 4 is 0 Å². The van der Waals surface area contributed by atoms with Crippen molar-refractivity contribution in [2.24, 2.45) is 0 Å². The van der Waals surface area contributed by atoms with E-state index in [1.165, 1.54) is 0 Å². The first kappa shape index (κ1) is 19.8. The number of benzene rings is 2. The van der Waals surface area contributed by atoms with Crippen LogP contribution in [-0.2, 0) is 0 Å². The minimum Gasteiger partial charge on any atom is -0.492 e. The molecular formula is C24H24N4O2. The third kappa shape index (κ3) is 5.11. The van der Waals surface area contributed by atoms with Gasteiger partial charge in [-0.05, 0) is 30.3 Å². The van der Waals surface area contributed by atoms with E-state index in [2.05, 4.69) is 20.3 Å². The van der Waals surface area contributed by atoms with Gasteiger partial charge in [0.15, 0.2) is 0 Å². The van der Waals surface area contributed by atoms with Crippen molar-refractivity contribution < 1.29 is 9.84 Å². The van der Waals surface area contributed by atoms with Gasteiger partial charge >= 0.3 is 0 Å². The first-order valence-corrected chi connectivity index (χ1v) is 9.92. The Morgan fingerprint density at radius 2 is 1.80 bits per heavy atom. The van der Waals surface area contributed by atoms with Gasteiger partial charge in [-0.25, -0.2) is 4.98 Å². The Balaban J connectivity index is 1.24. The predicted octanol–water partition coefficient (Wildman–Crippen LogP) is 3.84. The lowest BCUT2D eigenvalue weighted by atomic mass is 10.1. The summed E-state index contributed by atoms with van der Waals surface area (Å²) in [6.07, 6.45) is 4.70. The Morgan fingerprint density at radius 3 is 2.57 bits per heavy atom. The molecule has 4 rings (SSSR count). The van der Waals surface area contributed by atoms with Crippen LogP contribution in [0, 0.1) is 0 Å². The van der Waals surface area contributed by atoms with Crippen LogP contribution in [0.3, 0.4) is 0 Å². The number of nitrogens with one attached hydrogen (secondary N) is 2. The summed E-state index contributed by atoms with van der Waals surface area (Å²) in [5.41, 5.74) is 3.78. The molecule has 3 N–H and O–H groups in total. The Labute approximate surface area is 175 Å². The summed E-state index contributed by atoms with van der Waals surface area (Å²) in [4.78, 5) is 11.9. The van der Waals surface area contributed by atoms with E-state index in [1.807, 2.05) is 72.9 Å². The summed E-state index contributed by atoms with van der Waals surface area (Å²) >= 11 is 0. The third-order valence-corrected chi connectivity index (χ3v) is 4.73. The van der Waals surface area contributed by atoms with Crippen molar-refractivity contribution in [1.29, 1.82) is 0 Å². The predicted molar refractivity (Wildman–Crippen MR) is 117 cm³/mol. The maximum absolute atomic E-state index is 10.1. The smallest absolute Gasteiger partial charge is 0.138 e. The molecule has 2 aromatic carbocycles. The van der Waals surface area contributed by atoms with Crippen LogP contribution in [0.5, 0.6) is 5.75 Å². The molecule has 0 aliphatic rings. The highest BCUT2D eigenvalue weighted by molar-refractivity contribution is 5.64. The largest absolute Gasteiger partial charge is 0.492 e. The zero-order chi connectivity index (χ0) is 20.6. The fourth-order valence-electron chi connectivity index (χ4n) is 3.11. The lowest BCUT2D eigenvalue weighted by molar-refractivity contribution is 0.171. The van der Waals surface area contributed by atoms with Crippen molar-refractivity contribution in [3.63, 3.8) is 0 Å². The molecule has 30 heavy (non-hydrogen) atoms. The lowest BCUT2D eigenvalue weighted by Crippen LogP contribution is -2.26. The topological polar surface area (TPSA) is 83.1 Å². The Hall–Kier alpha value is -3.48. The molecule has 0 radical (unpaired) electrons. The fourth-order valence-corrected chi connectivity index (χ4v) is 3.11. The molecule has 0 aliphatic heterocycles. The number of nitrogens with zero attached hydrogens (tertiary/aromatic N) is 2. The summed E-state index contributed by atoms with van der Waals surface area (Å²) in [6.45, 7) is 1.61. The molecule has 6 heteroatoms. The average molecular weight is 400 g/mol. The zero-order valence-electron chi connectivity index (χ0n) is 16.5. The van der Waals surface area contributed by atoms with E-state index in [0.717, 1.165) is 34.0 Å². The van der Waals surface area contributed by atoms with Gasteiger partial charge < -0.3 is 20.1 Å². The zero-order valence-corrected chi connectivity index (χ0v) is 16.5. The van der Waals surface area contributed by atoms with Crippen molar-refractivity contribution in [2.45, 2.75) is 6.10 Å². The van der Waals surface area contributed by atoms with Gasteiger partial charge in [0.2, 0.25) is 0 Å². The number of aliphatic hydroxyl groups excluding tert-OH is 1. The van der Waals surface area contributed by atoms with Crippen molar-refractivity contribution in [1.82, 2.24) is 20.3 Å². The van der Waals surface area contributed by atoms with E-state index in [1.54, 1.807) is 12.4 Å². The number of rotatable bonds is 9. The second-order valence-corrected chi connectivity index (χ2v) is 6.88. The quantitative estimate of drug-likeness (QED) is 0.372. The van der Waals surface area contributed by atoms with Gasteiger partial charge in [0, 0.05) is 48.4 Å². The number of H-pyrrole nitrogens is 1. The lowest BCUT2D eigenvalue weighted by Gasteiger charge is -2.12. The van der Waals surface area contributed by atoms with E-state index in [9.17, 15) is 5.11 Å². The molecule has 2 heterocycles. The van der Waals surface area contributed by atoms with Crippen LogP contribution in [0.15, 0.2) is 85.3 Å². The molecule has 0 spiro atoms. The summed E-state index contributed by atoms with van der Waals surface area (Å²) < 4.78 is 5.77. The molecule has 2 aromatic heterocycles.